The number of anilines is 3. The molecule has 0 aromatic carbocycles. The highest BCUT2D eigenvalue weighted by atomic mass is 19.3. The maximum Gasteiger partial charge on any atom is 0.413 e. The summed E-state index contributed by atoms with van der Waals surface area (Å²) in [6.45, 7) is 6.00. The summed E-state index contributed by atoms with van der Waals surface area (Å²) in [4.78, 5) is 47.0. The van der Waals surface area contributed by atoms with E-state index in [1.54, 1.807) is 11.8 Å². The molecule has 2 aromatic rings. The van der Waals surface area contributed by atoms with Crippen molar-refractivity contribution in [3.63, 3.8) is 0 Å². The first kappa shape index (κ1) is 28.6. The number of halogens is 2. The second kappa shape index (κ2) is 11.9. The molecule has 0 radical (unpaired) electrons. The van der Waals surface area contributed by atoms with E-state index in [0.29, 0.717) is 18.6 Å². The number of hydrogen-bond acceptors (Lipinski definition) is 10. The summed E-state index contributed by atoms with van der Waals surface area (Å²) in [6, 6.07) is -0.278. The lowest BCUT2D eigenvalue weighted by atomic mass is 10.00. The first-order valence-electron chi connectivity index (χ1n) is 13.8. The lowest BCUT2D eigenvalue weighted by Gasteiger charge is -2.42. The minimum absolute atomic E-state index is 0.0315. The van der Waals surface area contributed by atoms with Crippen LogP contribution in [0.1, 0.15) is 33.1 Å². The first-order chi connectivity index (χ1) is 19.7. The summed E-state index contributed by atoms with van der Waals surface area (Å²) in [5.74, 6) is -2.08. The number of likely N-dealkylation sites (N-methyl/N-ethyl adjacent to an activating group) is 1. The van der Waals surface area contributed by atoms with Gasteiger partial charge in [0.25, 0.3) is 5.92 Å². The van der Waals surface area contributed by atoms with Crippen molar-refractivity contribution in [1.29, 1.82) is 0 Å². The Hall–Kier alpha value is -3.88. The molecule has 3 fully saturated rings. The third-order valence-electron chi connectivity index (χ3n) is 7.95. The van der Waals surface area contributed by atoms with Crippen LogP contribution in [0.5, 0.6) is 5.88 Å². The molecule has 2 saturated heterocycles. The predicted molar refractivity (Wildman–Crippen MR) is 145 cm³/mol. The van der Waals surface area contributed by atoms with Crippen molar-refractivity contribution in [2.45, 2.75) is 57.2 Å². The van der Waals surface area contributed by atoms with Gasteiger partial charge in [-0.25, -0.2) is 33.3 Å². The lowest BCUT2D eigenvalue weighted by molar-refractivity contribution is -0.0760. The number of nitrogens with zero attached hydrogens (tertiary/aromatic N) is 7. The van der Waals surface area contributed by atoms with Crippen molar-refractivity contribution in [1.82, 2.24) is 29.7 Å². The minimum Gasteiger partial charge on any atom is -0.477 e. The van der Waals surface area contributed by atoms with Crippen molar-refractivity contribution in [2.75, 3.05) is 55.4 Å². The van der Waals surface area contributed by atoms with Gasteiger partial charge >= 0.3 is 12.1 Å². The summed E-state index contributed by atoms with van der Waals surface area (Å²) in [5, 5.41) is 5.13. The van der Waals surface area contributed by atoms with Crippen LogP contribution < -0.4 is 20.3 Å². The zero-order chi connectivity index (χ0) is 29.1. The van der Waals surface area contributed by atoms with E-state index in [-0.39, 0.29) is 42.7 Å². The van der Waals surface area contributed by atoms with Crippen molar-refractivity contribution >= 4 is 29.7 Å². The summed E-state index contributed by atoms with van der Waals surface area (Å²) in [6.07, 6.45) is 4.66. The molecule has 41 heavy (non-hydrogen) atoms. The Labute approximate surface area is 236 Å². The topological polar surface area (TPSA) is 138 Å². The first-order valence-corrected chi connectivity index (χ1v) is 13.8. The van der Waals surface area contributed by atoms with Gasteiger partial charge in [-0.15, -0.1) is 0 Å². The molecule has 1 aliphatic carbocycles. The molecule has 222 valence electrons. The van der Waals surface area contributed by atoms with Gasteiger partial charge in [0, 0.05) is 57.7 Å². The van der Waals surface area contributed by atoms with Crippen LogP contribution >= 0.6 is 0 Å². The number of carbonyl (C=O) groups excluding carboxylic acids is 2. The Morgan fingerprint density at radius 2 is 1.95 bits per heavy atom. The molecular weight excluding hydrogens is 540 g/mol. The predicted octanol–water partition coefficient (Wildman–Crippen LogP) is 3.07. The van der Waals surface area contributed by atoms with Crippen molar-refractivity contribution in [2.24, 2.45) is 5.92 Å². The molecule has 1 saturated carbocycles. The van der Waals surface area contributed by atoms with Crippen LogP contribution in [0.15, 0.2) is 24.7 Å². The van der Waals surface area contributed by atoms with Gasteiger partial charge < -0.3 is 24.2 Å². The van der Waals surface area contributed by atoms with Crippen LogP contribution in [0.2, 0.25) is 0 Å². The highest BCUT2D eigenvalue weighted by Crippen LogP contribution is 2.39. The number of aromatic nitrogens is 4. The summed E-state index contributed by atoms with van der Waals surface area (Å²) < 4.78 is 40.9. The number of nitrogens with one attached hydrogen (secondary N) is 2. The molecule has 0 spiro atoms. The second-order valence-electron chi connectivity index (χ2n) is 10.5. The summed E-state index contributed by atoms with van der Waals surface area (Å²) in [5.41, 5.74) is 0. The zero-order valence-corrected chi connectivity index (χ0v) is 23.3. The van der Waals surface area contributed by atoms with E-state index in [2.05, 4.69) is 42.4 Å². The Kier molecular flexibility index (Phi) is 8.33. The average molecular weight is 576 g/mol. The van der Waals surface area contributed by atoms with Gasteiger partial charge in [-0.2, -0.15) is 4.98 Å². The number of carbonyl (C=O) groups is 2. The molecule has 2 aliphatic heterocycles. The number of piperidine rings is 2. The number of amides is 3. The molecule has 4 heterocycles. The van der Waals surface area contributed by atoms with Gasteiger partial charge in [0.2, 0.25) is 11.8 Å². The summed E-state index contributed by atoms with van der Waals surface area (Å²) in [7, 11) is 1.30. The zero-order valence-electron chi connectivity index (χ0n) is 23.3. The van der Waals surface area contributed by atoms with E-state index in [0.717, 1.165) is 30.8 Å². The Balaban J connectivity index is 1.19. The fourth-order valence-electron chi connectivity index (χ4n) is 5.79. The van der Waals surface area contributed by atoms with Crippen LogP contribution in [0.3, 0.4) is 0 Å². The molecular formula is C26H35F2N9O4. The highest BCUT2D eigenvalue weighted by Gasteiger charge is 2.48. The molecule has 0 unspecified atom stereocenters. The quantitative estimate of drug-likeness (QED) is 0.483. The van der Waals surface area contributed by atoms with Gasteiger partial charge in [0.05, 0.1) is 19.0 Å². The number of alkyl halides is 2. The number of urea groups is 1. The van der Waals surface area contributed by atoms with Gasteiger partial charge in [0.15, 0.2) is 5.82 Å². The van der Waals surface area contributed by atoms with Gasteiger partial charge in [-0.1, -0.05) is 6.92 Å². The monoisotopic (exact) mass is 575 g/mol. The largest absolute Gasteiger partial charge is 0.477 e. The Morgan fingerprint density at radius 1 is 1.12 bits per heavy atom. The maximum atomic E-state index is 15.0. The Bertz CT molecular complexity index is 1240. The minimum atomic E-state index is -3.15. The second-order valence-corrected chi connectivity index (χ2v) is 10.5. The molecule has 2 aromatic heterocycles. The maximum absolute atomic E-state index is 15.0. The van der Waals surface area contributed by atoms with Crippen LogP contribution in [0, 0.1) is 5.92 Å². The van der Waals surface area contributed by atoms with Crippen LogP contribution in [-0.4, -0.2) is 106 Å². The number of hydrogen-bond donors (Lipinski definition) is 2. The van der Waals surface area contributed by atoms with Gasteiger partial charge in [-0.05, 0) is 26.0 Å². The van der Waals surface area contributed by atoms with E-state index < -0.39 is 30.5 Å². The third kappa shape index (κ3) is 6.39. The molecule has 15 heteroatoms. The summed E-state index contributed by atoms with van der Waals surface area (Å²) >= 11 is 0. The van der Waals surface area contributed by atoms with Gasteiger partial charge in [-0.3, -0.25) is 10.6 Å². The van der Waals surface area contributed by atoms with Crippen molar-refractivity contribution in [3.05, 3.63) is 24.7 Å². The highest BCUT2D eigenvalue weighted by molar-refractivity contribution is 5.88. The molecule has 3 aliphatic rings. The van der Waals surface area contributed by atoms with E-state index in [1.807, 2.05) is 0 Å². The molecule has 5 rings (SSSR count). The number of fused-ring (bicyclic) bond motifs is 2. The molecule has 3 amide bonds. The fraction of sp³-hybridized carbons (Fsp3) is 0.615. The van der Waals surface area contributed by atoms with E-state index in [4.69, 9.17) is 9.47 Å². The fourth-order valence-corrected chi connectivity index (χ4v) is 5.79. The molecule has 2 N–H and O–H groups in total. The smallest absolute Gasteiger partial charge is 0.413 e. The standard InChI is InChI=1S/C26H35F2N9O4/c1-4-36-14-16-10-17(36)11-18(16)41-25(39)34-20-6-8-29-23(32-20)37-9-7-26(27,28)19(15-37)35(3)24(38)33-21-12-31-22(13-30-21)40-5-2/h6,8,12-13,16-19H,4-5,7,9-11,14-15H2,1-3H3,(H,30,33,38)(H,29,32,34,39)/t16-,17-,18+,19+/m1/s1. The number of rotatable bonds is 8. The van der Waals surface area contributed by atoms with Gasteiger partial charge in [0.1, 0.15) is 18.0 Å². The Morgan fingerprint density at radius 3 is 2.63 bits per heavy atom. The van der Waals surface area contributed by atoms with Crippen LogP contribution in [0.4, 0.5) is 36.0 Å². The third-order valence-corrected chi connectivity index (χ3v) is 7.95. The number of likely N-dealkylation sites (tertiary alicyclic amines) is 1. The molecule has 4 atom stereocenters. The van der Waals surface area contributed by atoms with E-state index in [1.165, 1.54) is 31.7 Å². The number of ether oxygens (including phenoxy) is 2. The molecule has 13 nitrogen and oxygen atoms in total. The lowest BCUT2D eigenvalue weighted by Crippen LogP contribution is -2.60. The van der Waals surface area contributed by atoms with Crippen LogP contribution in [0.25, 0.3) is 0 Å². The van der Waals surface area contributed by atoms with Crippen molar-refractivity contribution in [3.8, 4) is 5.88 Å². The van der Waals surface area contributed by atoms with Crippen LogP contribution in [-0.2, 0) is 4.74 Å². The normalized spacial score (nSPS) is 25.0. The van der Waals surface area contributed by atoms with Crippen molar-refractivity contribution < 1.29 is 27.8 Å². The molecule has 2 bridgehead atoms. The SMILES string of the molecule is CCOc1cnc(NC(=O)N(C)[C@H]2CN(c3nccc(NC(=O)O[C@H]4C[C@H]5C[C@@H]4CN5CC)n3)CCC2(F)F)cn1. The average Bonchev–Trinajstić information content (AvgIpc) is 3.54. The van der Waals surface area contributed by atoms with E-state index >= 15 is 0 Å². The van der Waals surface area contributed by atoms with E-state index in [9.17, 15) is 18.4 Å².